The Morgan fingerprint density at radius 2 is 1.80 bits per heavy atom. The maximum Gasteiger partial charge on any atom is 0.338 e. The fourth-order valence-corrected chi connectivity index (χ4v) is 1.84. The Kier molecular flexibility index (Phi) is 8.84. The smallest absolute Gasteiger partial charge is 0.338 e. The lowest BCUT2D eigenvalue weighted by atomic mass is 10.2. The van der Waals surface area contributed by atoms with Crippen LogP contribution in [0.4, 0.5) is 0 Å². The van der Waals surface area contributed by atoms with Crippen molar-refractivity contribution in [1.29, 1.82) is 0 Å². The molecule has 8 nitrogen and oxygen atoms in total. The van der Waals surface area contributed by atoms with Gasteiger partial charge in [-0.05, 0) is 31.5 Å². The Hall–Kier alpha value is -2.77. The van der Waals surface area contributed by atoms with Crippen LogP contribution in [-0.2, 0) is 14.3 Å². The van der Waals surface area contributed by atoms with E-state index in [4.69, 9.17) is 14.2 Å². The molecule has 0 saturated carbocycles. The fourth-order valence-electron chi connectivity index (χ4n) is 1.84. The number of amides is 2. The van der Waals surface area contributed by atoms with E-state index in [1.165, 1.54) is 19.2 Å². The molecule has 0 spiro atoms. The van der Waals surface area contributed by atoms with Crippen LogP contribution >= 0.6 is 0 Å². The van der Waals surface area contributed by atoms with Crippen LogP contribution in [0.3, 0.4) is 0 Å². The van der Waals surface area contributed by atoms with Crippen molar-refractivity contribution in [1.82, 2.24) is 10.6 Å². The van der Waals surface area contributed by atoms with E-state index in [-0.39, 0.29) is 18.0 Å². The van der Waals surface area contributed by atoms with Crippen LogP contribution in [0.25, 0.3) is 0 Å². The molecule has 0 aliphatic heterocycles. The molecule has 0 fully saturated rings. The number of nitrogens with one attached hydrogen (secondary N) is 2. The highest BCUT2D eigenvalue weighted by Gasteiger charge is 2.14. The summed E-state index contributed by atoms with van der Waals surface area (Å²) < 4.78 is 15.4. The zero-order valence-corrected chi connectivity index (χ0v) is 14.7. The molecule has 2 amide bonds. The van der Waals surface area contributed by atoms with Gasteiger partial charge in [0.25, 0.3) is 5.91 Å². The first-order valence-corrected chi connectivity index (χ1v) is 8.03. The minimum absolute atomic E-state index is 0.159. The highest BCUT2D eigenvalue weighted by atomic mass is 16.5. The van der Waals surface area contributed by atoms with E-state index in [9.17, 15) is 14.4 Å². The molecule has 0 aliphatic rings. The molecular formula is C17H24N2O6. The van der Waals surface area contributed by atoms with E-state index in [1.54, 1.807) is 6.07 Å². The molecule has 25 heavy (non-hydrogen) atoms. The van der Waals surface area contributed by atoms with Crippen LogP contribution < -0.4 is 20.1 Å². The quantitative estimate of drug-likeness (QED) is 0.606. The summed E-state index contributed by atoms with van der Waals surface area (Å²) in [5.41, 5.74) is 0.234. The van der Waals surface area contributed by atoms with E-state index in [0.717, 1.165) is 6.42 Å². The van der Waals surface area contributed by atoms with Gasteiger partial charge < -0.3 is 24.8 Å². The van der Waals surface area contributed by atoms with Crippen molar-refractivity contribution in [3.8, 4) is 11.5 Å². The number of hydrogen-bond acceptors (Lipinski definition) is 6. The van der Waals surface area contributed by atoms with Crippen molar-refractivity contribution >= 4 is 17.8 Å². The second kappa shape index (κ2) is 10.9. The van der Waals surface area contributed by atoms with Crippen LogP contribution in [0.15, 0.2) is 18.2 Å². The molecule has 0 saturated heterocycles. The summed E-state index contributed by atoms with van der Waals surface area (Å²) >= 11 is 0. The molecule has 1 rings (SSSR count). The van der Waals surface area contributed by atoms with E-state index < -0.39 is 18.5 Å². The van der Waals surface area contributed by atoms with Crippen LogP contribution in [0, 0.1) is 0 Å². The average molecular weight is 352 g/mol. The first kappa shape index (κ1) is 20.3. The van der Waals surface area contributed by atoms with Crippen LogP contribution in [-0.4, -0.2) is 51.2 Å². The van der Waals surface area contributed by atoms with E-state index >= 15 is 0 Å². The average Bonchev–Trinajstić information content (AvgIpc) is 2.62. The highest BCUT2D eigenvalue weighted by Crippen LogP contribution is 2.28. The SMILES string of the molecule is CCCNC(=O)CNC(=O)COC(=O)c1ccc(OC)c(OCC)c1. The molecule has 1 aromatic carbocycles. The molecule has 0 bridgehead atoms. The number of hydrogen-bond donors (Lipinski definition) is 2. The van der Waals surface area contributed by atoms with Gasteiger partial charge in [0.1, 0.15) is 0 Å². The Bertz CT molecular complexity index is 603. The maximum absolute atomic E-state index is 12.0. The molecule has 0 unspecified atom stereocenters. The molecule has 1 aromatic rings. The van der Waals surface area contributed by atoms with E-state index in [0.29, 0.717) is 24.7 Å². The summed E-state index contributed by atoms with van der Waals surface area (Å²) in [5, 5.41) is 5.00. The number of benzene rings is 1. The third-order valence-electron chi connectivity index (χ3n) is 3.05. The first-order chi connectivity index (χ1) is 12.0. The van der Waals surface area contributed by atoms with Gasteiger partial charge >= 0.3 is 5.97 Å². The minimum atomic E-state index is -0.672. The van der Waals surface area contributed by atoms with Crippen molar-refractivity contribution in [3.63, 3.8) is 0 Å². The van der Waals surface area contributed by atoms with Gasteiger partial charge in [-0.1, -0.05) is 6.92 Å². The second-order valence-corrected chi connectivity index (χ2v) is 5.00. The van der Waals surface area contributed by atoms with Gasteiger partial charge in [-0.25, -0.2) is 4.79 Å². The third kappa shape index (κ3) is 7.11. The summed E-state index contributed by atoms with van der Waals surface area (Å²) in [4.78, 5) is 35.0. The molecule has 0 aliphatic carbocycles. The minimum Gasteiger partial charge on any atom is -0.493 e. The molecule has 0 radical (unpaired) electrons. The van der Waals surface area contributed by atoms with Gasteiger partial charge in [0.15, 0.2) is 18.1 Å². The Morgan fingerprint density at radius 3 is 2.44 bits per heavy atom. The molecule has 2 N–H and O–H groups in total. The summed E-state index contributed by atoms with van der Waals surface area (Å²) in [6, 6.07) is 4.58. The molecule has 0 heterocycles. The van der Waals surface area contributed by atoms with Crippen LogP contribution in [0.5, 0.6) is 11.5 Å². The van der Waals surface area contributed by atoms with E-state index in [1.807, 2.05) is 13.8 Å². The predicted octanol–water partition coefficient (Wildman–Crippen LogP) is 0.893. The Morgan fingerprint density at radius 1 is 1.04 bits per heavy atom. The lowest BCUT2D eigenvalue weighted by Gasteiger charge is -2.11. The fraction of sp³-hybridized carbons (Fsp3) is 0.471. The molecule has 138 valence electrons. The topological polar surface area (TPSA) is 103 Å². The van der Waals surface area contributed by atoms with Gasteiger partial charge in [0, 0.05) is 6.54 Å². The molecule has 0 atom stereocenters. The Labute approximate surface area is 146 Å². The number of esters is 1. The molecule has 8 heteroatoms. The lowest BCUT2D eigenvalue weighted by molar-refractivity contribution is -0.127. The standard InChI is InChI=1S/C17H24N2O6/c1-4-8-18-15(20)10-19-16(21)11-25-17(22)12-6-7-13(23-3)14(9-12)24-5-2/h6-7,9H,4-5,8,10-11H2,1-3H3,(H,18,20)(H,19,21). The third-order valence-corrected chi connectivity index (χ3v) is 3.05. The summed E-state index contributed by atoms with van der Waals surface area (Å²) in [6.07, 6.45) is 0.808. The number of rotatable bonds is 10. The van der Waals surface area contributed by atoms with Gasteiger partial charge in [-0.3, -0.25) is 9.59 Å². The Balaban J connectivity index is 2.49. The predicted molar refractivity (Wildman–Crippen MR) is 90.8 cm³/mol. The van der Waals surface area contributed by atoms with Crippen molar-refractivity contribution < 1.29 is 28.6 Å². The first-order valence-electron chi connectivity index (χ1n) is 8.03. The molecular weight excluding hydrogens is 328 g/mol. The van der Waals surface area contributed by atoms with Gasteiger partial charge in [0.2, 0.25) is 5.91 Å². The van der Waals surface area contributed by atoms with Crippen molar-refractivity contribution in [3.05, 3.63) is 23.8 Å². The molecule has 0 aromatic heterocycles. The van der Waals surface area contributed by atoms with Crippen molar-refractivity contribution in [2.24, 2.45) is 0 Å². The summed E-state index contributed by atoms with van der Waals surface area (Å²) in [5.74, 6) is -0.614. The van der Waals surface area contributed by atoms with Crippen LogP contribution in [0.1, 0.15) is 30.6 Å². The number of carbonyl (C=O) groups excluding carboxylic acids is 3. The number of ether oxygens (including phenoxy) is 3. The van der Waals surface area contributed by atoms with E-state index in [2.05, 4.69) is 10.6 Å². The van der Waals surface area contributed by atoms with Gasteiger partial charge in [0.05, 0.1) is 25.8 Å². The lowest BCUT2D eigenvalue weighted by Crippen LogP contribution is -2.38. The second-order valence-electron chi connectivity index (χ2n) is 5.00. The highest BCUT2D eigenvalue weighted by molar-refractivity contribution is 5.92. The zero-order valence-electron chi connectivity index (χ0n) is 14.7. The van der Waals surface area contributed by atoms with Crippen molar-refractivity contribution in [2.45, 2.75) is 20.3 Å². The van der Waals surface area contributed by atoms with Gasteiger partial charge in [-0.2, -0.15) is 0 Å². The maximum atomic E-state index is 12.0. The normalized spacial score (nSPS) is 9.88. The van der Waals surface area contributed by atoms with Gasteiger partial charge in [-0.15, -0.1) is 0 Å². The largest absolute Gasteiger partial charge is 0.493 e. The number of methoxy groups -OCH3 is 1. The zero-order chi connectivity index (χ0) is 18.7. The number of carbonyl (C=O) groups is 3. The monoisotopic (exact) mass is 352 g/mol. The summed E-state index contributed by atoms with van der Waals surface area (Å²) in [6.45, 7) is 4.06. The summed E-state index contributed by atoms with van der Waals surface area (Å²) in [7, 11) is 1.50. The van der Waals surface area contributed by atoms with Crippen LogP contribution in [0.2, 0.25) is 0 Å². The van der Waals surface area contributed by atoms with Crippen molar-refractivity contribution in [2.75, 3.05) is 33.4 Å².